The van der Waals surface area contributed by atoms with Crippen molar-refractivity contribution < 1.29 is 19.8 Å². The molecule has 0 atom stereocenters. The number of hydrogen-bond acceptors (Lipinski definition) is 2. The fourth-order valence-corrected chi connectivity index (χ4v) is 2.26. The summed E-state index contributed by atoms with van der Waals surface area (Å²) < 4.78 is 0. The van der Waals surface area contributed by atoms with Gasteiger partial charge < -0.3 is 10.2 Å². The molecule has 0 fully saturated rings. The number of benzene rings is 1. The predicted molar refractivity (Wildman–Crippen MR) is 76.8 cm³/mol. The van der Waals surface area contributed by atoms with Crippen LogP contribution < -0.4 is 0 Å². The second-order valence-corrected chi connectivity index (χ2v) is 5.00. The van der Waals surface area contributed by atoms with E-state index in [9.17, 15) is 9.59 Å². The Morgan fingerprint density at radius 2 is 1.40 bits per heavy atom. The van der Waals surface area contributed by atoms with E-state index >= 15 is 0 Å². The van der Waals surface area contributed by atoms with Gasteiger partial charge >= 0.3 is 11.9 Å². The number of aryl methyl sites for hydroxylation is 1. The molecular weight excluding hydrogens is 256 g/mol. The maximum absolute atomic E-state index is 10.8. The quantitative estimate of drug-likeness (QED) is 0.644. The molecule has 20 heavy (non-hydrogen) atoms. The molecule has 0 unspecified atom stereocenters. The molecule has 0 saturated heterocycles. The minimum atomic E-state index is -0.800. The molecular formula is C16H22O4. The van der Waals surface area contributed by atoms with Gasteiger partial charge in [-0.25, -0.2) is 0 Å². The van der Waals surface area contributed by atoms with Gasteiger partial charge in [-0.05, 0) is 30.4 Å². The molecule has 0 aliphatic carbocycles. The van der Waals surface area contributed by atoms with Crippen molar-refractivity contribution in [1.82, 2.24) is 0 Å². The van der Waals surface area contributed by atoms with Gasteiger partial charge in [-0.2, -0.15) is 0 Å². The van der Waals surface area contributed by atoms with Crippen LogP contribution in [0.15, 0.2) is 24.3 Å². The lowest BCUT2D eigenvalue weighted by atomic mass is 9.98. The molecule has 1 rings (SSSR count). The van der Waals surface area contributed by atoms with Crippen molar-refractivity contribution >= 4 is 11.9 Å². The monoisotopic (exact) mass is 278 g/mol. The van der Waals surface area contributed by atoms with Gasteiger partial charge in [0.25, 0.3) is 0 Å². The fraction of sp³-hybridized carbons (Fsp3) is 0.500. The van der Waals surface area contributed by atoms with E-state index in [1.165, 1.54) is 0 Å². The van der Waals surface area contributed by atoms with E-state index in [4.69, 9.17) is 10.2 Å². The van der Waals surface area contributed by atoms with Crippen molar-refractivity contribution in [3.63, 3.8) is 0 Å². The molecule has 4 nitrogen and oxygen atoms in total. The molecule has 0 saturated carbocycles. The van der Waals surface area contributed by atoms with Crippen LogP contribution in [-0.4, -0.2) is 22.2 Å². The van der Waals surface area contributed by atoms with E-state index in [-0.39, 0.29) is 12.8 Å². The Morgan fingerprint density at radius 1 is 0.800 bits per heavy atom. The zero-order valence-electron chi connectivity index (χ0n) is 11.7. The summed E-state index contributed by atoms with van der Waals surface area (Å²) in [4.78, 5) is 21.1. The summed E-state index contributed by atoms with van der Waals surface area (Å²) in [6, 6.07) is 7.67. The second kappa shape index (κ2) is 9.13. The molecule has 0 aliphatic heterocycles. The number of aliphatic carboxylic acids is 2. The smallest absolute Gasteiger partial charge is 0.307 e. The highest BCUT2D eigenvalue weighted by Crippen LogP contribution is 2.14. The number of carboxylic acids is 2. The maximum Gasteiger partial charge on any atom is 0.307 e. The molecule has 0 aliphatic rings. The van der Waals surface area contributed by atoms with Crippen LogP contribution >= 0.6 is 0 Å². The molecule has 0 heterocycles. The van der Waals surface area contributed by atoms with E-state index in [1.807, 2.05) is 24.3 Å². The SMILES string of the molecule is O=C(O)CCCCCCCc1ccccc1CC(=O)O. The molecule has 0 amide bonds. The van der Waals surface area contributed by atoms with Gasteiger partial charge in [0.15, 0.2) is 0 Å². The van der Waals surface area contributed by atoms with Gasteiger partial charge in [0.1, 0.15) is 0 Å². The summed E-state index contributed by atoms with van der Waals surface area (Å²) in [5, 5.41) is 17.4. The molecule has 110 valence electrons. The summed E-state index contributed by atoms with van der Waals surface area (Å²) in [5.74, 6) is -1.53. The fourth-order valence-electron chi connectivity index (χ4n) is 2.26. The summed E-state index contributed by atoms with van der Waals surface area (Å²) in [7, 11) is 0. The van der Waals surface area contributed by atoms with Crippen LogP contribution in [0.25, 0.3) is 0 Å². The van der Waals surface area contributed by atoms with Crippen LogP contribution in [0.4, 0.5) is 0 Å². The van der Waals surface area contributed by atoms with Crippen LogP contribution in [0.5, 0.6) is 0 Å². The Hall–Kier alpha value is -1.84. The predicted octanol–water partition coefficient (Wildman–Crippen LogP) is 3.28. The first-order valence-corrected chi connectivity index (χ1v) is 7.10. The molecule has 0 bridgehead atoms. The van der Waals surface area contributed by atoms with E-state index in [0.717, 1.165) is 49.7 Å². The summed E-state index contributed by atoms with van der Waals surface area (Å²) in [6.07, 6.45) is 6.02. The third-order valence-electron chi connectivity index (χ3n) is 3.30. The van der Waals surface area contributed by atoms with Crippen LogP contribution in [0.3, 0.4) is 0 Å². The zero-order valence-corrected chi connectivity index (χ0v) is 11.7. The summed E-state index contributed by atoms with van der Waals surface area (Å²) in [6.45, 7) is 0. The minimum Gasteiger partial charge on any atom is -0.481 e. The Balaban J connectivity index is 2.24. The van der Waals surface area contributed by atoms with Crippen molar-refractivity contribution in [3.05, 3.63) is 35.4 Å². The van der Waals surface area contributed by atoms with Crippen molar-refractivity contribution in [3.8, 4) is 0 Å². The maximum atomic E-state index is 10.8. The van der Waals surface area contributed by atoms with Gasteiger partial charge in [0.05, 0.1) is 6.42 Å². The Morgan fingerprint density at radius 3 is 2.05 bits per heavy atom. The normalized spacial score (nSPS) is 10.4. The molecule has 0 aromatic heterocycles. The third-order valence-corrected chi connectivity index (χ3v) is 3.30. The van der Waals surface area contributed by atoms with E-state index in [0.29, 0.717) is 0 Å². The highest BCUT2D eigenvalue weighted by Gasteiger charge is 2.05. The van der Waals surface area contributed by atoms with Gasteiger partial charge in [-0.1, -0.05) is 43.5 Å². The van der Waals surface area contributed by atoms with E-state index < -0.39 is 11.9 Å². The van der Waals surface area contributed by atoms with Gasteiger partial charge in [0.2, 0.25) is 0 Å². The topological polar surface area (TPSA) is 74.6 Å². The van der Waals surface area contributed by atoms with Crippen molar-refractivity contribution in [1.29, 1.82) is 0 Å². The number of carboxylic acid groups (broad SMARTS) is 2. The van der Waals surface area contributed by atoms with Crippen LogP contribution in [-0.2, 0) is 22.4 Å². The first kappa shape index (κ1) is 16.2. The first-order chi connectivity index (χ1) is 9.59. The number of hydrogen-bond donors (Lipinski definition) is 2. The molecule has 4 heteroatoms. The lowest BCUT2D eigenvalue weighted by molar-refractivity contribution is -0.137. The number of carbonyl (C=O) groups is 2. The lowest BCUT2D eigenvalue weighted by Gasteiger charge is -2.07. The highest BCUT2D eigenvalue weighted by atomic mass is 16.4. The molecule has 2 N–H and O–H groups in total. The van der Waals surface area contributed by atoms with Crippen molar-refractivity contribution in [2.24, 2.45) is 0 Å². The average Bonchev–Trinajstić information content (AvgIpc) is 2.38. The van der Waals surface area contributed by atoms with E-state index in [1.54, 1.807) is 0 Å². The van der Waals surface area contributed by atoms with Crippen molar-refractivity contribution in [2.45, 2.75) is 51.4 Å². The number of unbranched alkanes of at least 4 members (excludes halogenated alkanes) is 4. The summed E-state index contributed by atoms with van der Waals surface area (Å²) >= 11 is 0. The third kappa shape index (κ3) is 6.92. The minimum absolute atomic E-state index is 0.0782. The zero-order chi connectivity index (χ0) is 14.8. The standard InChI is InChI=1S/C16H22O4/c17-15(18)11-5-3-1-2-4-8-13-9-6-7-10-14(13)12-16(19)20/h6-7,9-10H,1-5,8,11-12H2,(H,17,18)(H,19,20). The van der Waals surface area contributed by atoms with Crippen molar-refractivity contribution in [2.75, 3.05) is 0 Å². The highest BCUT2D eigenvalue weighted by molar-refractivity contribution is 5.70. The Labute approximate surface area is 119 Å². The molecule has 0 radical (unpaired) electrons. The first-order valence-electron chi connectivity index (χ1n) is 7.10. The second-order valence-electron chi connectivity index (χ2n) is 5.00. The Bertz CT molecular complexity index is 440. The van der Waals surface area contributed by atoms with Crippen LogP contribution in [0, 0.1) is 0 Å². The largest absolute Gasteiger partial charge is 0.481 e. The van der Waals surface area contributed by atoms with Gasteiger partial charge in [-0.3, -0.25) is 9.59 Å². The van der Waals surface area contributed by atoms with Crippen LogP contribution in [0.1, 0.15) is 49.7 Å². The lowest BCUT2D eigenvalue weighted by Crippen LogP contribution is -2.03. The van der Waals surface area contributed by atoms with Gasteiger partial charge in [-0.15, -0.1) is 0 Å². The molecule has 0 spiro atoms. The van der Waals surface area contributed by atoms with Crippen LogP contribution in [0.2, 0.25) is 0 Å². The average molecular weight is 278 g/mol. The van der Waals surface area contributed by atoms with E-state index in [2.05, 4.69) is 0 Å². The summed E-state index contributed by atoms with van der Waals surface area (Å²) in [5.41, 5.74) is 2.01. The Kier molecular flexibility index (Phi) is 7.40. The van der Waals surface area contributed by atoms with Gasteiger partial charge in [0, 0.05) is 6.42 Å². The molecule has 1 aromatic rings. The molecule has 1 aromatic carbocycles. The number of rotatable bonds is 10.